The summed E-state index contributed by atoms with van der Waals surface area (Å²) in [6.07, 6.45) is 2.55. The molecule has 158 valence electrons. The SMILES string of the molecule is C[C@H]1Cc2ccccc2N1S(=O)(=O)c1cccc(C(=O)OCC(=O)N2CCCC2)c1. The van der Waals surface area contributed by atoms with Gasteiger partial charge in [0.1, 0.15) is 0 Å². The summed E-state index contributed by atoms with van der Waals surface area (Å²) in [4.78, 5) is 26.2. The number of para-hydroxylation sites is 1. The lowest BCUT2D eigenvalue weighted by molar-refractivity contribution is -0.133. The zero-order valence-corrected chi connectivity index (χ0v) is 17.6. The van der Waals surface area contributed by atoms with Gasteiger partial charge in [-0.05, 0) is 56.0 Å². The van der Waals surface area contributed by atoms with Gasteiger partial charge in [-0.2, -0.15) is 0 Å². The Labute approximate surface area is 176 Å². The molecule has 0 aliphatic carbocycles. The van der Waals surface area contributed by atoms with E-state index in [9.17, 15) is 18.0 Å². The number of rotatable bonds is 5. The van der Waals surface area contributed by atoms with Crippen molar-refractivity contribution in [2.45, 2.75) is 37.1 Å². The van der Waals surface area contributed by atoms with Crippen LogP contribution in [-0.4, -0.2) is 50.9 Å². The first-order chi connectivity index (χ1) is 14.4. The monoisotopic (exact) mass is 428 g/mol. The number of ether oxygens (including phenoxy) is 1. The number of amides is 1. The molecule has 2 aromatic carbocycles. The number of hydrogen-bond acceptors (Lipinski definition) is 5. The van der Waals surface area contributed by atoms with Gasteiger partial charge in [0.2, 0.25) is 0 Å². The topological polar surface area (TPSA) is 84.0 Å². The number of nitrogens with zero attached hydrogens (tertiary/aromatic N) is 2. The first-order valence-electron chi connectivity index (χ1n) is 10.1. The van der Waals surface area contributed by atoms with Gasteiger partial charge in [0, 0.05) is 19.1 Å². The van der Waals surface area contributed by atoms with E-state index < -0.39 is 16.0 Å². The van der Waals surface area contributed by atoms with Crippen molar-refractivity contribution in [2.75, 3.05) is 24.0 Å². The second kappa shape index (κ2) is 8.10. The van der Waals surface area contributed by atoms with Crippen molar-refractivity contribution in [3.05, 3.63) is 59.7 Å². The minimum Gasteiger partial charge on any atom is -0.452 e. The van der Waals surface area contributed by atoms with E-state index in [4.69, 9.17) is 4.74 Å². The first-order valence-corrected chi connectivity index (χ1v) is 11.5. The van der Waals surface area contributed by atoms with Crippen molar-refractivity contribution >= 4 is 27.6 Å². The van der Waals surface area contributed by atoms with Gasteiger partial charge in [-0.1, -0.05) is 24.3 Å². The van der Waals surface area contributed by atoms with Crippen LogP contribution in [0.3, 0.4) is 0 Å². The van der Waals surface area contributed by atoms with Crippen LogP contribution in [0.5, 0.6) is 0 Å². The van der Waals surface area contributed by atoms with E-state index in [1.165, 1.54) is 28.6 Å². The number of benzene rings is 2. The minimum atomic E-state index is -3.85. The highest BCUT2D eigenvalue weighted by Gasteiger charge is 2.36. The third-order valence-corrected chi connectivity index (χ3v) is 7.48. The average Bonchev–Trinajstić information content (AvgIpc) is 3.39. The fourth-order valence-corrected chi connectivity index (χ4v) is 5.81. The summed E-state index contributed by atoms with van der Waals surface area (Å²) in [5.41, 5.74) is 1.74. The van der Waals surface area contributed by atoms with Crippen LogP contribution in [0, 0.1) is 0 Å². The maximum atomic E-state index is 13.3. The Bertz CT molecular complexity index is 1080. The van der Waals surface area contributed by atoms with Crippen LogP contribution < -0.4 is 4.31 Å². The highest BCUT2D eigenvalue weighted by Crippen LogP contribution is 2.36. The second-order valence-corrected chi connectivity index (χ2v) is 9.49. The Morgan fingerprint density at radius 2 is 1.80 bits per heavy atom. The van der Waals surface area contributed by atoms with Crippen LogP contribution in [0.4, 0.5) is 5.69 Å². The van der Waals surface area contributed by atoms with Crippen LogP contribution in [0.15, 0.2) is 53.4 Å². The molecule has 7 nitrogen and oxygen atoms in total. The Morgan fingerprint density at radius 1 is 1.07 bits per heavy atom. The standard InChI is InChI=1S/C22H24N2O5S/c1-16-13-17-7-2-3-10-20(17)24(16)30(27,28)19-9-6-8-18(14-19)22(26)29-15-21(25)23-11-4-5-12-23/h2-3,6-10,14,16H,4-5,11-13,15H2,1H3/t16-/m0/s1. The van der Waals surface area contributed by atoms with Gasteiger partial charge in [-0.3, -0.25) is 9.10 Å². The Kier molecular flexibility index (Phi) is 5.51. The number of carbonyl (C=O) groups excluding carboxylic acids is 2. The summed E-state index contributed by atoms with van der Waals surface area (Å²) in [5.74, 6) is -0.943. The average molecular weight is 429 g/mol. The van der Waals surface area contributed by atoms with Crippen molar-refractivity contribution in [1.29, 1.82) is 0 Å². The van der Waals surface area contributed by atoms with E-state index in [-0.39, 0.29) is 29.0 Å². The second-order valence-electron chi connectivity index (χ2n) is 7.67. The smallest absolute Gasteiger partial charge is 0.338 e. The number of anilines is 1. The molecular weight excluding hydrogens is 404 g/mol. The third-order valence-electron chi connectivity index (χ3n) is 5.56. The zero-order chi connectivity index (χ0) is 21.3. The van der Waals surface area contributed by atoms with E-state index in [0.717, 1.165) is 18.4 Å². The minimum absolute atomic E-state index is 0.0198. The predicted octanol–water partition coefficient (Wildman–Crippen LogP) is 2.61. The number of sulfonamides is 1. The molecule has 8 heteroatoms. The number of hydrogen-bond donors (Lipinski definition) is 0. The number of fused-ring (bicyclic) bond motifs is 1. The van der Waals surface area contributed by atoms with Gasteiger partial charge in [-0.15, -0.1) is 0 Å². The molecule has 0 unspecified atom stereocenters. The maximum absolute atomic E-state index is 13.3. The highest BCUT2D eigenvalue weighted by molar-refractivity contribution is 7.92. The molecule has 2 aliphatic heterocycles. The van der Waals surface area contributed by atoms with Crippen molar-refractivity contribution in [2.24, 2.45) is 0 Å². The summed E-state index contributed by atoms with van der Waals surface area (Å²) >= 11 is 0. The lowest BCUT2D eigenvalue weighted by Gasteiger charge is -2.24. The molecule has 0 aromatic heterocycles. The van der Waals surface area contributed by atoms with Crippen LogP contribution in [0.25, 0.3) is 0 Å². The summed E-state index contributed by atoms with van der Waals surface area (Å²) in [6, 6.07) is 13.0. The van der Waals surface area contributed by atoms with Gasteiger partial charge in [-0.25, -0.2) is 13.2 Å². The first kappa shape index (κ1) is 20.4. The molecule has 0 saturated carbocycles. The van der Waals surface area contributed by atoms with Crippen LogP contribution in [-0.2, 0) is 26.0 Å². The van der Waals surface area contributed by atoms with E-state index in [2.05, 4.69) is 0 Å². The molecule has 1 amide bonds. The fourth-order valence-electron chi connectivity index (χ4n) is 4.07. The summed E-state index contributed by atoms with van der Waals surface area (Å²) < 4.78 is 33.2. The predicted molar refractivity (Wildman–Crippen MR) is 112 cm³/mol. The molecule has 0 radical (unpaired) electrons. The number of carbonyl (C=O) groups is 2. The Morgan fingerprint density at radius 3 is 2.57 bits per heavy atom. The molecule has 2 heterocycles. The molecule has 0 bridgehead atoms. The molecule has 2 aromatic rings. The Hall–Kier alpha value is -2.87. The maximum Gasteiger partial charge on any atom is 0.338 e. The van der Waals surface area contributed by atoms with E-state index in [0.29, 0.717) is 25.2 Å². The molecular formula is C22H24N2O5S. The summed E-state index contributed by atoms with van der Waals surface area (Å²) in [5, 5.41) is 0. The largest absolute Gasteiger partial charge is 0.452 e. The lowest BCUT2D eigenvalue weighted by Crippen LogP contribution is -2.35. The van der Waals surface area contributed by atoms with E-state index in [1.807, 2.05) is 25.1 Å². The fraction of sp³-hybridized carbons (Fsp3) is 0.364. The quantitative estimate of drug-likeness (QED) is 0.684. The van der Waals surface area contributed by atoms with Crippen molar-refractivity contribution in [3.8, 4) is 0 Å². The molecule has 1 saturated heterocycles. The van der Waals surface area contributed by atoms with Crippen LogP contribution in [0.1, 0.15) is 35.7 Å². The van der Waals surface area contributed by atoms with Gasteiger partial charge < -0.3 is 9.64 Å². The zero-order valence-electron chi connectivity index (χ0n) is 16.8. The number of esters is 1. The molecule has 1 fully saturated rings. The highest BCUT2D eigenvalue weighted by atomic mass is 32.2. The summed E-state index contributed by atoms with van der Waals surface area (Å²) in [6.45, 7) is 2.88. The lowest BCUT2D eigenvalue weighted by atomic mass is 10.1. The summed E-state index contributed by atoms with van der Waals surface area (Å²) in [7, 11) is -3.85. The molecule has 4 rings (SSSR count). The van der Waals surface area contributed by atoms with Gasteiger partial charge in [0.25, 0.3) is 15.9 Å². The molecule has 0 spiro atoms. The van der Waals surface area contributed by atoms with Gasteiger partial charge >= 0.3 is 5.97 Å². The van der Waals surface area contributed by atoms with Crippen molar-refractivity contribution in [3.63, 3.8) is 0 Å². The normalized spacial score (nSPS) is 18.4. The molecule has 0 N–H and O–H groups in total. The van der Waals surface area contributed by atoms with Crippen LogP contribution >= 0.6 is 0 Å². The van der Waals surface area contributed by atoms with Crippen molar-refractivity contribution < 1.29 is 22.7 Å². The van der Waals surface area contributed by atoms with Gasteiger partial charge in [0.05, 0.1) is 16.1 Å². The number of likely N-dealkylation sites (tertiary alicyclic amines) is 1. The van der Waals surface area contributed by atoms with Gasteiger partial charge in [0.15, 0.2) is 6.61 Å². The third kappa shape index (κ3) is 3.79. The molecule has 30 heavy (non-hydrogen) atoms. The Balaban J connectivity index is 1.52. The molecule has 1 atom stereocenters. The molecule has 2 aliphatic rings. The van der Waals surface area contributed by atoms with E-state index >= 15 is 0 Å². The van der Waals surface area contributed by atoms with Crippen molar-refractivity contribution in [1.82, 2.24) is 4.90 Å². The van der Waals surface area contributed by atoms with Crippen LogP contribution in [0.2, 0.25) is 0 Å². The van der Waals surface area contributed by atoms with E-state index in [1.54, 1.807) is 11.0 Å².